The standard InChI is InChI=1S/C29H24ClF2N2O6PS/c1-40-27-7-2-3-8-28(27)42(38,39)34(19-22-11-14-25(26(30)16-22)29(31,32)41(35,36)37)18-20-9-12-23(13-10-20)24-6-4-5-21(15-24)17-33/h2-16H,18-19H2,1H3,(H2,35,36,37). The minimum absolute atomic E-state index is 0.102. The Balaban J connectivity index is 1.71. The third kappa shape index (κ3) is 6.55. The zero-order valence-electron chi connectivity index (χ0n) is 22.0. The van der Waals surface area contributed by atoms with Crippen molar-refractivity contribution in [3.8, 4) is 22.9 Å². The van der Waals surface area contributed by atoms with Crippen LogP contribution in [-0.4, -0.2) is 29.6 Å². The van der Waals surface area contributed by atoms with Crippen molar-refractivity contribution < 1.29 is 36.3 Å². The molecule has 2 N–H and O–H groups in total. The lowest BCUT2D eigenvalue weighted by Crippen LogP contribution is -2.30. The van der Waals surface area contributed by atoms with Crippen molar-refractivity contribution in [3.05, 3.63) is 118 Å². The maximum Gasteiger partial charge on any atom is 0.399 e. The van der Waals surface area contributed by atoms with Crippen LogP contribution in [0.1, 0.15) is 22.3 Å². The molecule has 0 saturated carbocycles. The molecule has 0 aliphatic rings. The summed E-state index contributed by atoms with van der Waals surface area (Å²) in [5.74, 6) is 0.102. The summed E-state index contributed by atoms with van der Waals surface area (Å²) in [5.41, 5.74) is -2.69. The fraction of sp³-hybridized carbons (Fsp3) is 0.138. The number of rotatable bonds is 10. The van der Waals surface area contributed by atoms with Gasteiger partial charge in [-0.15, -0.1) is 0 Å². The minimum Gasteiger partial charge on any atom is -0.495 e. The second-order valence-corrected chi connectivity index (χ2v) is 13.2. The maximum absolute atomic E-state index is 14.3. The van der Waals surface area contributed by atoms with Crippen molar-refractivity contribution in [1.82, 2.24) is 4.31 Å². The number of methoxy groups -OCH3 is 1. The number of para-hydroxylation sites is 1. The highest BCUT2D eigenvalue weighted by Gasteiger charge is 2.51. The molecule has 13 heteroatoms. The Morgan fingerprint density at radius 3 is 2.19 bits per heavy atom. The minimum atomic E-state index is -5.87. The summed E-state index contributed by atoms with van der Waals surface area (Å²) >= 11 is 6.01. The lowest BCUT2D eigenvalue weighted by molar-refractivity contribution is 0.0565. The number of alkyl halides is 2. The Labute approximate surface area is 246 Å². The molecule has 0 aromatic heterocycles. The van der Waals surface area contributed by atoms with Crippen LogP contribution in [0.15, 0.2) is 95.9 Å². The van der Waals surface area contributed by atoms with E-state index in [9.17, 15) is 27.0 Å². The lowest BCUT2D eigenvalue weighted by atomic mass is 10.0. The Morgan fingerprint density at radius 2 is 1.57 bits per heavy atom. The second kappa shape index (κ2) is 12.3. The van der Waals surface area contributed by atoms with Gasteiger partial charge in [0.05, 0.1) is 29.3 Å². The quantitative estimate of drug-likeness (QED) is 0.191. The number of hydrogen-bond acceptors (Lipinski definition) is 5. The summed E-state index contributed by atoms with van der Waals surface area (Å²) in [5, 5.41) is 8.56. The number of hydrogen-bond donors (Lipinski definition) is 2. The summed E-state index contributed by atoms with van der Waals surface area (Å²) in [6.07, 6.45) is 0. The van der Waals surface area contributed by atoms with E-state index in [1.165, 1.54) is 25.3 Å². The molecular weight excluding hydrogens is 609 g/mol. The van der Waals surface area contributed by atoms with Crippen molar-refractivity contribution in [1.29, 1.82) is 5.26 Å². The van der Waals surface area contributed by atoms with Gasteiger partial charge in [-0.2, -0.15) is 18.3 Å². The van der Waals surface area contributed by atoms with Crippen LogP contribution in [-0.2, 0) is 33.3 Å². The molecule has 0 aliphatic carbocycles. The highest BCUT2D eigenvalue weighted by molar-refractivity contribution is 7.89. The number of halogens is 3. The summed E-state index contributed by atoms with van der Waals surface area (Å²) < 4.78 is 74.1. The van der Waals surface area contributed by atoms with Crippen LogP contribution in [0, 0.1) is 11.3 Å². The van der Waals surface area contributed by atoms with Gasteiger partial charge < -0.3 is 14.5 Å². The number of benzene rings is 4. The molecule has 0 amide bonds. The molecule has 0 radical (unpaired) electrons. The van der Waals surface area contributed by atoms with Gasteiger partial charge in [0.25, 0.3) is 0 Å². The fourth-order valence-electron chi connectivity index (χ4n) is 4.23. The number of nitriles is 1. The molecule has 0 unspecified atom stereocenters. The molecule has 4 aromatic rings. The van der Waals surface area contributed by atoms with Crippen LogP contribution in [0.4, 0.5) is 8.78 Å². The normalized spacial score (nSPS) is 12.2. The largest absolute Gasteiger partial charge is 0.495 e. The molecule has 0 atom stereocenters. The number of sulfonamides is 1. The van der Waals surface area contributed by atoms with Crippen LogP contribution in [0.25, 0.3) is 11.1 Å². The van der Waals surface area contributed by atoms with Crippen LogP contribution in [0.5, 0.6) is 5.75 Å². The first-order chi connectivity index (χ1) is 19.8. The van der Waals surface area contributed by atoms with E-state index in [1.807, 2.05) is 6.07 Å². The number of ether oxygens (including phenoxy) is 1. The molecule has 0 aliphatic heterocycles. The molecule has 42 heavy (non-hydrogen) atoms. The van der Waals surface area contributed by atoms with E-state index in [0.29, 0.717) is 11.1 Å². The van der Waals surface area contributed by atoms with Crippen molar-refractivity contribution in [3.63, 3.8) is 0 Å². The molecule has 0 saturated heterocycles. The van der Waals surface area contributed by atoms with E-state index in [1.54, 1.807) is 48.5 Å². The van der Waals surface area contributed by atoms with Gasteiger partial charge >= 0.3 is 13.3 Å². The highest BCUT2D eigenvalue weighted by atomic mass is 35.5. The molecule has 4 rings (SSSR count). The summed E-state index contributed by atoms with van der Waals surface area (Å²) in [6.45, 7) is -0.440. The Kier molecular flexibility index (Phi) is 9.18. The molecule has 0 spiro atoms. The molecule has 218 valence electrons. The molecule has 8 nitrogen and oxygen atoms in total. The van der Waals surface area contributed by atoms with Gasteiger partial charge in [0.2, 0.25) is 10.0 Å². The Bertz CT molecular complexity index is 1810. The van der Waals surface area contributed by atoms with Gasteiger partial charge in [-0.25, -0.2) is 8.42 Å². The van der Waals surface area contributed by atoms with Crippen molar-refractivity contribution >= 4 is 29.2 Å². The summed E-state index contributed by atoms with van der Waals surface area (Å²) in [4.78, 5) is 18.1. The average Bonchev–Trinajstić information content (AvgIpc) is 2.96. The highest BCUT2D eigenvalue weighted by Crippen LogP contribution is 2.60. The van der Waals surface area contributed by atoms with Gasteiger partial charge in [0.1, 0.15) is 10.6 Å². The third-order valence-corrected chi connectivity index (χ3v) is 9.52. The summed E-state index contributed by atoms with van der Waals surface area (Å²) in [7, 11) is -8.76. The predicted octanol–water partition coefficient (Wildman–Crippen LogP) is 6.51. The molecule has 4 aromatic carbocycles. The zero-order chi connectivity index (χ0) is 30.7. The lowest BCUT2D eigenvalue weighted by Gasteiger charge is -2.24. The fourth-order valence-corrected chi connectivity index (χ4v) is 6.70. The second-order valence-electron chi connectivity index (χ2n) is 9.21. The maximum atomic E-state index is 14.3. The van der Waals surface area contributed by atoms with E-state index in [4.69, 9.17) is 26.1 Å². The van der Waals surface area contributed by atoms with Gasteiger partial charge in [-0.05, 0) is 52.6 Å². The van der Waals surface area contributed by atoms with Gasteiger partial charge in [-0.1, -0.05) is 72.3 Å². The average molecular weight is 633 g/mol. The first-order valence-corrected chi connectivity index (χ1v) is 15.7. The van der Waals surface area contributed by atoms with Crippen LogP contribution in [0.2, 0.25) is 5.02 Å². The third-order valence-electron chi connectivity index (χ3n) is 6.41. The predicted molar refractivity (Wildman–Crippen MR) is 153 cm³/mol. The molecule has 0 heterocycles. The van der Waals surface area contributed by atoms with Crippen molar-refractivity contribution in [2.45, 2.75) is 23.6 Å². The smallest absolute Gasteiger partial charge is 0.399 e. The molecule has 0 bridgehead atoms. The molecular formula is C29H24ClF2N2O6PS. The Hall–Kier alpha value is -3.62. The van der Waals surface area contributed by atoms with E-state index < -0.39 is 33.9 Å². The zero-order valence-corrected chi connectivity index (χ0v) is 24.5. The first-order valence-electron chi connectivity index (χ1n) is 12.2. The van der Waals surface area contributed by atoms with Crippen LogP contribution in [0.3, 0.4) is 0 Å². The van der Waals surface area contributed by atoms with Crippen LogP contribution >= 0.6 is 19.2 Å². The van der Waals surface area contributed by atoms with Gasteiger partial charge in [0.15, 0.2) is 0 Å². The SMILES string of the molecule is COc1ccccc1S(=O)(=O)N(Cc1ccc(-c2cccc(C#N)c2)cc1)Cc1ccc(C(F)(F)P(=O)(O)O)c(Cl)c1. The number of nitrogens with zero attached hydrogens (tertiary/aromatic N) is 2. The van der Waals surface area contributed by atoms with Gasteiger partial charge in [0, 0.05) is 13.1 Å². The van der Waals surface area contributed by atoms with E-state index in [-0.39, 0.29) is 29.3 Å². The Morgan fingerprint density at radius 1 is 0.929 bits per heavy atom. The van der Waals surface area contributed by atoms with Crippen LogP contribution < -0.4 is 4.74 Å². The van der Waals surface area contributed by atoms with Gasteiger partial charge in [-0.3, -0.25) is 4.57 Å². The topological polar surface area (TPSA) is 128 Å². The van der Waals surface area contributed by atoms with Crippen molar-refractivity contribution in [2.75, 3.05) is 7.11 Å². The monoisotopic (exact) mass is 632 g/mol. The molecule has 0 fully saturated rings. The van der Waals surface area contributed by atoms with E-state index in [2.05, 4.69) is 6.07 Å². The summed E-state index contributed by atoms with van der Waals surface area (Å²) in [6, 6.07) is 25.1. The van der Waals surface area contributed by atoms with E-state index >= 15 is 0 Å². The van der Waals surface area contributed by atoms with Crippen molar-refractivity contribution in [2.24, 2.45) is 0 Å². The first kappa shape index (κ1) is 31.3. The van der Waals surface area contributed by atoms with E-state index in [0.717, 1.165) is 33.6 Å².